The quantitative estimate of drug-likeness (QED) is 0.940. The maximum Gasteiger partial charge on any atom is 0.275 e. The van der Waals surface area contributed by atoms with Gasteiger partial charge in [-0.05, 0) is 18.2 Å². The van der Waals surface area contributed by atoms with Crippen LogP contribution in [-0.4, -0.2) is 25.0 Å². The van der Waals surface area contributed by atoms with Gasteiger partial charge in [-0.25, -0.2) is 4.98 Å². The number of benzene rings is 1. The molecule has 18 heavy (non-hydrogen) atoms. The van der Waals surface area contributed by atoms with E-state index in [1.807, 2.05) is 25.1 Å². The second kappa shape index (κ2) is 5.37. The zero-order valence-electron chi connectivity index (χ0n) is 9.98. The molecule has 0 saturated carbocycles. The molecule has 94 valence electrons. The monoisotopic (exact) mass is 281 g/mol. The van der Waals surface area contributed by atoms with Crippen LogP contribution >= 0.6 is 22.9 Å². The summed E-state index contributed by atoms with van der Waals surface area (Å²) in [5.74, 6) is -0.235. The van der Waals surface area contributed by atoms with Crippen molar-refractivity contribution in [2.24, 2.45) is 0 Å². The first-order chi connectivity index (χ1) is 8.58. The van der Waals surface area contributed by atoms with Crippen molar-refractivity contribution in [2.75, 3.05) is 24.3 Å². The fourth-order valence-electron chi connectivity index (χ4n) is 1.51. The Morgan fingerprint density at radius 2 is 2.22 bits per heavy atom. The van der Waals surface area contributed by atoms with Gasteiger partial charge in [0.05, 0.1) is 16.9 Å². The molecule has 1 N–H and O–H groups in total. The molecule has 0 unspecified atom stereocenters. The highest BCUT2D eigenvalue weighted by molar-refractivity contribution is 7.07. The largest absolute Gasteiger partial charge is 0.376 e. The summed E-state index contributed by atoms with van der Waals surface area (Å²) in [5, 5.41) is 5.10. The molecule has 6 heteroatoms. The van der Waals surface area contributed by atoms with Gasteiger partial charge in [-0.3, -0.25) is 4.79 Å². The highest BCUT2D eigenvalue weighted by Gasteiger charge is 2.12. The predicted octanol–water partition coefficient (Wildman–Crippen LogP) is 3.11. The van der Waals surface area contributed by atoms with Crippen molar-refractivity contribution in [3.8, 4) is 0 Å². The van der Waals surface area contributed by atoms with E-state index in [4.69, 9.17) is 11.6 Å². The Hall–Kier alpha value is -1.59. The zero-order chi connectivity index (χ0) is 13.1. The van der Waals surface area contributed by atoms with Crippen LogP contribution in [0, 0.1) is 0 Å². The third-order valence-corrected chi connectivity index (χ3v) is 3.18. The lowest BCUT2D eigenvalue weighted by atomic mass is 10.2. The van der Waals surface area contributed by atoms with Crippen LogP contribution in [0.25, 0.3) is 0 Å². The highest BCUT2D eigenvalue weighted by Crippen LogP contribution is 2.28. The molecule has 1 heterocycles. The van der Waals surface area contributed by atoms with Crippen LogP contribution in [0.1, 0.15) is 10.5 Å². The van der Waals surface area contributed by atoms with E-state index in [9.17, 15) is 4.79 Å². The number of hydrogen-bond donors (Lipinski definition) is 1. The fourth-order valence-corrected chi connectivity index (χ4v) is 2.21. The molecule has 0 fully saturated rings. The molecule has 0 saturated heterocycles. The number of carbonyl (C=O) groups is 1. The van der Waals surface area contributed by atoms with Gasteiger partial charge in [0.2, 0.25) is 0 Å². The number of halogens is 1. The zero-order valence-corrected chi connectivity index (χ0v) is 11.5. The Morgan fingerprint density at radius 1 is 1.44 bits per heavy atom. The van der Waals surface area contributed by atoms with Crippen LogP contribution < -0.4 is 10.2 Å². The van der Waals surface area contributed by atoms with Gasteiger partial charge in [-0.15, -0.1) is 11.3 Å². The molecule has 0 spiro atoms. The molecule has 2 rings (SSSR count). The number of rotatable bonds is 3. The van der Waals surface area contributed by atoms with E-state index >= 15 is 0 Å². The molecule has 0 bridgehead atoms. The van der Waals surface area contributed by atoms with Crippen molar-refractivity contribution in [2.45, 2.75) is 0 Å². The second-order valence-electron chi connectivity index (χ2n) is 3.88. The molecular weight excluding hydrogens is 270 g/mol. The summed E-state index contributed by atoms with van der Waals surface area (Å²) in [5.41, 5.74) is 3.60. The summed E-state index contributed by atoms with van der Waals surface area (Å²) < 4.78 is 0. The fraction of sp³-hybridized carbons (Fsp3) is 0.167. The van der Waals surface area contributed by atoms with E-state index in [1.54, 1.807) is 23.0 Å². The first-order valence-corrected chi connectivity index (χ1v) is 6.56. The van der Waals surface area contributed by atoms with Crippen molar-refractivity contribution in [1.29, 1.82) is 0 Å². The first-order valence-electron chi connectivity index (χ1n) is 5.24. The van der Waals surface area contributed by atoms with Crippen molar-refractivity contribution >= 4 is 40.2 Å². The third kappa shape index (κ3) is 2.80. The molecule has 2 aromatic rings. The first kappa shape index (κ1) is 12.9. The Kier molecular flexibility index (Phi) is 3.84. The van der Waals surface area contributed by atoms with Crippen LogP contribution in [0.15, 0.2) is 29.1 Å². The highest BCUT2D eigenvalue weighted by atomic mass is 35.5. The Balaban J connectivity index is 2.28. The van der Waals surface area contributed by atoms with Crippen LogP contribution in [-0.2, 0) is 0 Å². The van der Waals surface area contributed by atoms with E-state index in [-0.39, 0.29) is 5.91 Å². The molecule has 1 aromatic heterocycles. The smallest absolute Gasteiger partial charge is 0.275 e. The van der Waals surface area contributed by atoms with E-state index in [0.29, 0.717) is 16.4 Å². The van der Waals surface area contributed by atoms with Crippen molar-refractivity contribution in [3.05, 3.63) is 39.8 Å². The summed E-state index contributed by atoms with van der Waals surface area (Å²) in [6, 6.07) is 5.37. The van der Waals surface area contributed by atoms with Crippen LogP contribution in [0.5, 0.6) is 0 Å². The molecule has 0 atom stereocenters. The van der Waals surface area contributed by atoms with E-state index in [1.165, 1.54) is 11.3 Å². The number of nitrogens with one attached hydrogen (secondary N) is 1. The van der Waals surface area contributed by atoms with Gasteiger partial charge in [0, 0.05) is 24.5 Å². The molecular formula is C12H12ClN3OS. The minimum Gasteiger partial charge on any atom is -0.376 e. The second-order valence-corrected chi connectivity index (χ2v) is 5.04. The number of hydrogen-bond acceptors (Lipinski definition) is 4. The number of amides is 1. The lowest BCUT2D eigenvalue weighted by Gasteiger charge is -2.17. The predicted molar refractivity (Wildman–Crippen MR) is 75.8 cm³/mol. The lowest BCUT2D eigenvalue weighted by molar-refractivity contribution is 0.102. The van der Waals surface area contributed by atoms with Crippen molar-refractivity contribution in [1.82, 2.24) is 4.98 Å². The van der Waals surface area contributed by atoms with Gasteiger partial charge in [0.15, 0.2) is 0 Å². The Morgan fingerprint density at radius 3 is 2.83 bits per heavy atom. The van der Waals surface area contributed by atoms with Gasteiger partial charge in [-0.1, -0.05) is 11.6 Å². The number of nitrogens with zero attached hydrogens (tertiary/aromatic N) is 2. The molecule has 4 nitrogen and oxygen atoms in total. The maximum absolute atomic E-state index is 11.9. The van der Waals surface area contributed by atoms with Gasteiger partial charge in [0.1, 0.15) is 5.69 Å². The summed E-state index contributed by atoms with van der Waals surface area (Å²) in [7, 11) is 3.81. The van der Waals surface area contributed by atoms with Crippen LogP contribution in [0.3, 0.4) is 0 Å². The van der Waals surface area contributed by atoms with E-state index < -0.39 is 0 Å². The topological polar surface area (TPSA) is 45.2 Å². The Labute approximate surface area is 114 Å². The minimum atomic E-state index is -0.235. The van der Waals surface area contributed by atoms with Crippen LogP contribution in [0.2, 0.25) is 5.02 Å². The summed E-state index contributed by atoms with van der Waals surface area (Å²) in [4.78, 5) is 17.8. The van der Waals surface area contributed by atoms with Gasteiger partial charge in [-0.2, -0.15) is 0 Å². The van der Waals surface area contributed by atoms with Crippen LogP contribution in [0.4, 0.5) is 11.4 Å². The number of carbonyl (C=O) groups excluding carboxylic acids is 1. The molecule has 0 aliphatic rings. The summed E-state index contributed by atoms with van der Waals surface area (Å²) >= 11 is 7.33. The SMILES string of the molecule is CN(C)c1ccc(Cl)cc1NC(=O)c1cscn1. The number of anilines is 2. The summed E-state index contributed by atoms with van der Waals surface area (Å²) in [6.07, 6.45) is 0. The third-order valence-electron chi connectivity index (χ3n) is 2.35. The maximum atomic E-state index is 11.9. The molecule has 0 aliphatic carbocycles. The standard InChI is InChI=1S/C12H12ClN3OS/c1-16(2)11-4-3-8(13)5-9(11)15-12(17)10-6-18-7-14-10/h3-7H,1-2H3,(H,15,17). The van der Waals surface area contributed by atoms with Crippen molar-refractivity contribution in [3.63, 3.8) is 0 Å². The Bertz CT molecular complexity index is 554. The summed E-state index contributed by atoms with van der Waals surface area (Å²) in [6.45, 7) is 0. The molecule has 1 aromatic carbocycles. The molecule has 1 amide bonds. The number of thiazole rings is 1. The minimum absolute atomic E-state index is 0.235. The van der Waals surface area contributed by atoms with E-state index in [0.717, 1.165) is 5.69 Å². The lowest BCUT2D eigenvalue weighted by Crippen LogP contribution is -2.16. The molecule has 0 radical (unpaired) electrons. The average molecular weight is 282 g/mol. The number of aromatic nitrogens is 1. The van der Waals surface area contributed by atoms with Gasteiger partial charge in [0.25, 0.3) is 5.91 Å². The average Bonchev–Trinajstić information content (AvgIpc) is 2.81. The van der Waals surface area contributed by atoms with Gasteiger partial charge < -0.3 is 10.2 Å². The normalized spacial score (nSPS) is 10.2. The van der Waals surface area contributed by atoms with E-state index in [2.05, 4.69) is 10.3 Å². The van der Waals surface area contributed by atoms with Crippen molar-refractivity contribution < 1.29 is 4.79 Å². The molecule has 0 aliphatic heterocycles. The van der Waals surface area contributed by atoms with Gasteiger partial charge >= 0.3 is 0 Å².